The van der Waals surface area contributed by atoms with Gasteiger partial charge in [0.05, 0.1) is 12.1 Å². The summed E-state index contributed by atoms with van der Waals surface area (Å²) >= 11 is 3.66. The molecule has 1 fully saturated rings. The van der Waals surface area contributed by atoms with E-state index in [-0.39, 0.29) is 0 Å². The Labute approximate surface area is 114 Å². The van der Waals surface area contributed by atoms with Gasteiger partial charge in [0, 0.05) is 17.2 Å². The Kier molecular flexibility index (Phi) is 3.67. The first-order chi connectivity index (χ1) is 8.83. The Morgan fingerprint density at radius 2 is 2.50 bits per heavy atom. The van der Waals surface area contributed by atoms with E-state index in [0.717, 1.165) is 17.9 Å². The van der Waals surface area contributed by atoms with E-state index in [1.807, 2.05) is 28.6 Å². The van der Waals surface area contributed by atoms with Crippen molar-refractivity contribution in [2.45, 2.75) is 19.0 Å². The summed E-state index contributed by atoms with van der Waals surface area (Å²) in [5.74, 6) is 3.88. The molecule has 3 heterocycles. The van der Waals surface area contributed by atoms with Gasteiger partial charge >= 0.3 is 0 Å². The van der Waals surface area contributed by atoms with E-state index in [2.05, 4.69) is 22.1 Å². The fraction of sp³-hybridized carbons (Fsp3) is 0.500. The van der Waals surface area contributed by atoms with E-state index in [1.165, 1.54) is 17.9 Å². The molecule has 0 saturated carbocycles. The zero-order valence-corrected chi connectivity index (χ0v) is 11.8. The van der Waals surface area contributed by atoms with Gasteiger partial charge < -0.3 is 4.52 Å². The number of nitrogens with zero attached hydrogens (tertiary/aromatic N) is 3. The largest absolute Gasteiger partial charge is 0.334 e. The third kappa shape index (κ3) is 2.60. The van der Waals surface area contributed by atoms with E-state index in [1.54, 1.807) is 11.3 Å². The summed E-state index contributed by atoms with van der Waals surface area (Å²) in [6.07, 6.45) is 1.26. The second-order valence-corrected chi connectivity index (χ2v) is 6.39. The lowest BCUT2D eigenvalue weighted by Crippen LogP contribution is -2.31. The summed E-state index contributed by atoms with van der Waals surface area (Å²) in [7, 11) is 2.14. The Balaban J connectivity index is 1.66. The van der Waals surface area contributed by atoms with Gasteiger partial charge in [-0.05, 0) is 30.7 Å². The van der Waals surface area contributed by atoms with Crippen molar-refractivity contribution in [3.8, 4) is 11.5 Å². The molecule has 1 aliphatic rings. The predicted molar refractivity (Wildman–Crippen MR) is 74.8 cm³/mol. The molecule has 0 aromatic carbocycles. The maximum absolute atomic E-state index is 5.29. The van der Waals surface area contributed by atoms with E-state index in [0.29, 0.717) is 11.9 Å². The molecule has 1 aliphatic heterocycles. The molecule has 1 saturated heterocycles. The highest BCUT2D eigenvalue weighted by molar-refractivity contribution is 7.99. The molecule has 2 aromatic rings. The van der Waals surface area contributed by atoms with Crippen molar-refractivity contribution in [1.29, 1.82) is 0 Å². The van der Waals surface area contributed by atoms with Gasteiger partial charge in [-0.25, -0.2) is 0 Å². The van der Waals surface area contributed by atoms with E-state index in [9.17, 15) is 0 Å². The molecular formula is C12H15N3OS2. The predicted octanol–water partition coefficient (Wildman–Crippen LogP) is 2.74. The molecule has 18 heavy (non-hydrogen) atoms. The minimum absolute atomic E-state index is 0.625. The van der Waals surface area contributed by atoms with Crippen LogP contribution in [0, 0.1) is 0 Å². The molecule has 3 rings (SSSR count). The van der Waals surface area contributed by atoms with Crippen LogP contribution in [0.4, 0.5) is 0 Å². The van der Waals surface area contributed by atoms with Crippen LogP contribution in [0.1, 0.15) is 12.2 Å². The van der Waals surface area contributed by atoms with Crippen molar-refractivity contribution in [2.24, 2.45) is 0 Å². The molecular weight excluding hydrogens is 266 g/mol. The van der Waals surface area contributed by atoms with Crippen molar-refractivity contribution in [3.05, 3.63) is 22.7 Å². The molecule has 0 bridgehead atoms. The lowest BCUT2D eigenvalue weighted by atomic mass is 10.2. The highest BCUT2D eigenvalue weighted by Crippen LogP contribution is 2.23. The van der Waals surface area contributed by atoms with E-state index >= 15 is 0 Å². The Morgan fingerprint density at radius 1 is 1.56 bits per heavy atom. The molecule has 2 aromatic heterocycles. The molecule has 6 heteroatoms. The van der Waals surface area contributed by atoms with Crippen molar-refractivity contribution in [2.75, 3.05) is 18.6 Å². The van der Waals surface area contributed by atoms with Crippen molar-refractivity contribution in [1.82, 2.24) is 15.0 Å². The number of thiophene rings is 1. The molecule has 0 spiro atoms. The lowest BCUT2D eigenvalue weighted by Gasteiger charge is -2.21. The number of hydrogen-bond donors (Lipinski definition) is 0. The fourth-order valence-corrected chi connectivity index (χ4v) is 3.97. The lowest BCUT2D eigenvalue weighted by molar-refractivity contribution is 0.244. The van der Waals surface area contributed by atoms with Crippen molar-refractivity contribution >= 4 is 23.1 Å². The average molecular weight is 281 g/mol. The smallest absolute Gasteiger partial charge is 0.258 e. The van der Waals surface area contributed by atoms with Gasteiger partial charge in [-0.15, -0.1) is 0 Å². The fourth-order valence-electron chi connectivity index (χ4n) is 2.04. The third-order valence-corrected chi connectivity index (χ3v) is 4.98. The Morgan fingerprint density at radius 3 is 3.22 bits per heavy atom. The monoisotopic (exact) mass is 281 g/mol. The number of thioether (sulfide) groups is 1. The first kappa shape index (κ1) is 12.2. The quantitative estimate of drug-likeness (QED) is 0.862. The Bertz CT molecular complexity index is 491. The second-order valence-electron chi connectivity index (χ2n) is 4.46. The van der Waals surface area contributed by atoms with Gasteiger partial charge in [-0.3, -0.25) is 4.90 Å². The van der Waals surface area contributed by atoms with Crippen LogP contribution in [0.25, 0.3) is 11.5 Å². The molecule has 0 aliphatic carbocycles. The summed E-state index contributed by atoms with van der Waals surface area (Å²) < 4.78 is 5.29. The van der Waals surface area contributed by atoms with E-state index in [4.69, 9.17) is 4.52 Å². The number of rotatable bonds is 4. The normalized spacial score (nSPS) is 19.8. The van der Waals surface area contributed by atoms with Gasteiger partial charge in [-0.2, -0.15) is 28.1 Å². The molecule has 0 amide bonds. The van der Waals surface area contributed by atoms with Crippen molar-refractivity contribution in [3.63, 3.8) is 0 Å². The zero-order valence-electron chi connectivity index (χ0n) is 10.2. The van der Waals surface area contributed by atoms with Crippen LogP contribution in [-0.4, -0.2) is 39.6 Å². The topological polar surface area (TPSA) is 42.2 Å². The standard InChI is InChI=1S/C12H15N3OS2/c1-15(10-3-5-18-8-10)6-11-13-12(16-14-11)9-2-4-17-7-9/h2,4,7,10H,3,5-6,8H2,1H3/t10-/m0/s1. The second kappa shape index (κ2) is 5.42. The maximum Gasteiger partial charge on any atom is 0.258 e. The van der Waals surface area contributed by atoms with Gasteiger partial charge in [0.2, 0.25) is 0 Å². The average Bonchev–Trinajstić information content (AvgIpc) is 3.12. The maximum atomic E-state index is 5.29. The molecule has 0 unspecified atom stereocenters. The van der Waals surface area contributed by atoms with Gasteiger partial charge in [0.25, 0.3) is 5.89 Å². The first-order valence-electron chi connectivity index (χ1n) is 5.96. The highest BCUT2D eigenvalue weighted by atomic mass is 32.2. The molecule has 96 valence electrons. The Hall–Kier alpha value is -0.850. The number of hydrogen-bond acceptors (Lipinski definition) is 6. The molecule has 4 nitrogen and oxygen atoms in total. The highest BCUT2D eigenvalue weighted by Gasteiger charge is 2.21. The van der Waals surface area contributed by atoms with Gasteiger partial charge in [0.1, 0.15) is 0 Å². The minimum Gasteiger partial charge on any atom is -0.334 e. The van der Waals surface area contributed by atoms with Gasteiger partial charge in [0.15, 0.2) is 5.82 Å². The third-order valence-electron chi connectivity index (χ3n) is 3.16. The van der Waals surface area contributed by atoms with Crippen LogP contribution in [0.15, 0.2) is 21.3 Å². The van der Waals surface area contributed by atoms with E-state index < -0.39 is 0 Å². The summed E-state index contributed by atoms with van der Waals surface area (Å²) in [5, 5.41) is 8.09. The summed E-state index contributed by atoms with van der Waals surface area (Å²) in [4.78, 5) is 6.77. The minimum atomic E-state index is 0.625. The summed E-state index contributed by atoms with van der Waals surface area (Å²) in [6, 6.07) is 2.65. The first-order valence-corrected chi connectivity index (χ1v) is 8.06. The summed E-state index contributed by atoms with van der Waals surface area (Å²) in [6.45, 7) is 0.763. The SMILES string of the molecule is CN(Cc1noc(-c2ccsc2)n1)[C@H]1CCSC1. The van der Waals surface area contributed by atoms with Crippen LogP contribution in [0.3, 0.4) is 0 Å². The van der Waals surface area contributed by atoms with Crippen LogP contribution in [0.2, 0.25) is 0 Å². The van der Waals surface area contributed by atoms with Gasteiger partial charge in [-0.1, -0.05) is 5.16 Å². The van der Waals surface area contributed by atoms with Crippen LogP contribution in [-0.2, 0) is 6.54 Å². The molecule has 0 N–H and O–H groups in total. The molecule has 0 radical (unpaired) electrons. The molecule has 1 atom stereocenters. The van der Waals surface area contributed by atoms with Crippen LogP contribution >= 0.6 is 23.1 Å². The zero-order chi connectivity index (χ0) is 12.4. The van der Waals surface area contributed by atoms with Crippen LogP contribution < -0.4 is 0 Å². The van der Waals surface area contributed by atoms with Crippen molar-refractivity contribution < 1.29 is 4.52 Å². The number of aromatic nitrogens is 2. The summed E-state index contributed by atoms with van der Waals surface area (Å²) in [5.41, 5.74) is 1.01. The van der Waals surface area contributed by atoms with Crippen LogP contribution in [0.5, 0.6) is 0 Å².